The van der Waals surface area contributed by atoms with Gasteiger partial charge < -0.3 is 15.1 Å². The van der Waals surface area contributed by atoms with Crippen molar-refractivity contribution in [2.24, 2.45) is 0 Å². The molecule has 2 aliphatic rings. The van der Waals surface area contributed by atoms with Gasteiger partial charge in [0.2, 0.25) is 21.6 Å². The quantitative estimate of drug-likeness (QED) is 0.668. The van der Waals surface area contributed by atoms with E-state index in [1.54, 1.807) is 17.0 Å². The summed E-state index contributed by atoms with van der Waals surface area (Å²) < 4.78 is 27.3. The molecule has 0 spiro atoms. The monoisotopic (exact) mass is 394 g/mol. The van der Waals surface area contributed by atoms with Crippen LogP contribution in [-0.2, 0) is 10.0 Å². The maximum Gasteiger partial charge on any atom is 0.249 e. The Bertz CT molecular complexity index is 881. The molecule has 0 bridgehead atoms. The molecule has 1 aliphatic heterocycles. The van der Waals surface area contributed by atoms with Gasteiger partial charge in [-0.25, -0.2) is 8.42 Å². The summed E-state index contributed by atoms with van der Waals surface area (Å²) in [5.41, 5.74) is 0.147. The second-order valence-corrected chi connectivity index (χ2v) is 8.30. The number of sulfonamides is 1. The zero-order valence-electron chi connectivity index (χ0n) is 14.8. The van der Waals surface area contributed by atoms with Crippen molar-refractivity contribution in [2.45, 2.75) is 12.8 Å². The van der Waals surface area contributed by atoms with Crippen molar-refractivity contribution in [3.63, 3.8) is 0 Å². The summed E-state index contributed by atoms with van der Waals surface area (Å²) >= 11 is 0. The van der Waals surface area contributed by atoms with Crippen molar-refractivity contribution in [1.82, 2.24) is 9.21 Å². The van der Waals surface area contributed by atoms with Crippen LogP contribution in [0, 0.1) is 0 Å². The number of rotatable bonds is 7. The fraction of sp³-hybridized carbons (Fsp3) is 0.444. The highest BCUT2D eigenvalue weighted by molar-refractivity contribution is 7.94. The number of ketones is 2. The van der Waals surface area contributed by atoms with Gasteiger partial charge in [-0.1, -0.05) is 24.3 Å². The van der Waals surface area contributed by atoms with Gasteiger partial charge in [-0.2, -0.15) is 4.31 Å². The minimum Gasteiger partial charge on any atom is -0.395 e. The number of fused-ring (bicyclic) bond motifs is 1. The van der Waals surface area contributed by atoms with E-state index >= 15 is 0 Å². The predicted molar refractivity (Wildman–Crippen MR) is 97.6 cm³/mol. The molecule has 0 saturated carbocycles. The molecule has 1 heterocycles. The summed E-state index contributed by atoms with van der Waals surface area (Å²) in [5.74, 6) is -1.22. The van der Waals surface area contributed by atoms with Gasteiger partial charge in [-0.05, 0) is 12.8 Å². The van der Waals surface area contributed by atoms with Crippen LogP contribution in [0.3, 0.4) is 0 Å². The van der Waals surface area contributed by atoms with Gasteiger partial charge in [0.1, 0.15) is 5.70 Å². The van der Waals surface area contributed by atoms with Crippen LogP contribution in [0.25, 0.3) is 0 Å². The number of hydrogen-bond acceptors (Lipinski definition) is 7. The number of carbonyl (C=O) groups excluding carboxylic acids is 2. The van der Waals surface area contributed by atoms with E-state index in [9.17, 15) is 28.2 Å². The van der Waals surface area contributed by atoms with Crippen molar-refractivity contribution in [1.29, 1.82) is 0 Å². The van der Waals surface area contributed by atoms with E-state index in [4.69, 9.17) is 0 Å². The third-order valence-electron chi connectivity index (χ3n) is 4.77. The third kappa shape index (κ3) is 3.43. The molecule has 1 aromatic rings. The van der Waals surface area contributed by atoms with Gasteiger partial charge in [0.05, 0.1) is 13.2 Å². The van der Waals surface area contributed by atoms with E-state index in [1.165, 1.54) is 12.1 Å². The number of likely N-dealkylation sites (tertiary alicyclic amines) is 1. The fourth-order valence-corrected chi connectivity index (χ4v) is 5.22. The Balaban J connectivity index is 2.22. The van der Waals surface area contributed by atoms with E-state index < -0.39 is 39.7 Å². The van der Waals surface area contributed by atoms with Gasteiger partial charge in [-0.15, -0.1) is 0 Å². The molecule has 9 heteroatoms. The highest BCUT2D eigenvalue weighted by Crippen LogP contribution is 2.34. The number of carbonyl (C=O) groups is 2. The summed E-state index contributed by atoms with van der Waals surface area (Å²) in [6.45, 7) is -0.495. The average molecular weight is 394 g/mol. The fourth-order valence-electron chi connectivity index (χ4n) is 3.51. The second-order valence-electron chi connectivity index (χ2n) is 6.43. The van der Waals surface area contributed by atoms with Crippen molar-refractivity contribution in [3.05, 3.63) is 46.0 Å². The molecule has 0 aromatic heterocycles. The Morgan fingerprint density at radius 3 is 1.96 bits per heavy atom. The molecule has 0 radical (unpaired) electrons. The highest BCUT2D eigenvalue weighted by atomic mass is 32.2. The molecule has 2 N–H and O–H groups in total. The zero-order chi connectivity index (χ0) is 19.6. The van der Waals surface area contributed by atoms with Crippen LogP contribution in [0.1, 0.15) is 33.6 Å². The number of aliphatic hydroxyl groups is 2. The van der Waals surface area contributed by atoms with E-state index in [0.717, 1.165) is 17.1 Å². The molecule has 0 unspecified atom stereocenters. The molecule has 1 saturated heterocycles. The predicted octanol–water partition coefficient (Wildman–Crippen LogP) is -0.0106. The Labute approximate surface area is 157 Å². The lowest BCUT2D eigenvalue weighted by Gasteiger charge is -2.30. The van der Waals surface area contributed by atoms with Gasteiger partial charge in [0, 0.05) is 37.3 Å². The van der Waals surface area contributed by atoms with Crippen molar-refractivity contribution < 1.29 is 28.2 Å². The van der Waals surface area contributed by atoms with Crippen LogP contribution in [0.2, 0.25) is 0 Å². The number of benzene rings is 1. The lowest BCUT2D eigenvalue weighted by Crippen LogP contribution is -2.42. The molecule has 1 fully saturated rings. The molecule has 0 amide bonds. The van der Waals surface area contributed by atoms with E-state index in [2.05, 4.69) is 0 Å². The molecule has 1 aromatic carbocycles. The average Bonchev–Trinajstić information content (AvgIpc) is 3.18. The normalized spacial score (nSPS) is 17.8. The van der Waals surface area contributed by atoms with Crippen molar-refractivity contribution >= 4 is 21.6 Å². The Morgan fingerprint density at radius 2 is 1.44 bits per heavy atom. The summed E-state index contributed by atoms with van der Waals surface area (Å²) in [6, 6.07) is 6.17. The minimum absolute atomic E-state index is 0.0527. The molecule has 3 rings (SSSR count). The lowest BCUT2D eigenvalue weighted by atomic mass is 9.92. The molecule has 8 nitrogen and oxygen atoms in total. The van der Waals surface area contributed by atoms with Gasteiger partial charge in [-0.3, -0.25) is 9.59 Å². The summed E-state index contributed by atoms with van der Waals surface area (Å²) in [7, 11) is -4.38. The summed E-state index contributed by atoms with van der Waals surface area (Å²) in [4.78, 5) is 27.3. The third-order valence-corrected chi connectivity index (χ3v) is 6.71. The standard InChI is InChI=1S/C18H22N2O6S/c21-11-9-20(10-12-22)27(25,26)18-15(19-7-3-4-8-19)16(23)13-5-1-2-6-14(13)17(18)24/h1-2,5-6,21-22H,3-4,7-12H2. The maximum atomic E-state index is 13.2. The van der Waals surface area contributed by atoms with E-state index in [1.807, 2.05) is 0 Å². The van der Waals surface area contributed by atoms with Gasteiger partial charge >= 0.3 is 0 Å². The SMILES string of the molecule is O=C1C(N2CCCC2)=C(S(=O)(=O)N(CCO)CCO)C(=O)c2ccccc21. The highest BCUT2D eigenvalue weighted by Gasteiger charge is 2.43. The molecule has 1 aliphatic carbocycles. The summed E-state index contributed by atoms with van der Waals surface area (Å²) in [5, 5.41) is 18.4. The van der Waals surface area contributed by atoms with Crippen LogP contribution in [0.5, 0.6) is 0 Å². The van der Waals surface area contributed by atoms with Crippen LogP contribution in [0.15, 0.2) is 34.9 Å². The summed E-state index contributed by atoms with van der Waals surface area (Å²) in [6.07, 6.45) is 1.61. The lowest BCUT2D eigenvalue weighted by molar-refractivity contribution is 0.0952. The van der Waals surface area contributed by atoms with Gasteiger partial charge in [0.25, 0.3) is 0 Å². The number of Topliss-reactive ketones (excluding diaryl/α,β-unsaturated/α-hetero) is 2. The number of aliphatic hydroxyl groups excluding tert-OH is 2. The number of nitrogens with zero attached hydrogens (tertiary/aromatic N) is 2. The molecule has 27 heavy (non-hydrogen) atoms. The molecule has 0 atom stereocenters. The van der Waals surface area contributed by atoms with Crippen LogP contribution < -0.4 is 0 Å². The molecule has 146 valence electrons. The molecular formula is C18H22N2O6S. The second kappa shape index (κ2) is 7.89. The van der Waals surface area contributed by atoms with E-state index in [-0.39, 0.29) is 29.9 Å². The Hall–Kier alpha value is -2.07. The maximum absolute atomic E-state index is 13.2. The number of allylic oxidation sites excluding steroid dienone is 2. The topological polar surface area (TPSA) is 115 Å². The largest absolute Gasteiger partial charge is 0.395 e. The van der Waals surface area contributed by atoms with Crippen molar-refractivity contribution in [3.8, 4) is 0 Å². The first-order valence-corrected chi connectivity index (χ1v) is 10.3. The Morgan fingerprint density at radius 1 is 0.926 bits per heavy atom. The van der Waals surface area contributed by atoms with E-state index in [0.29, 0.717) is 13.1 Å². The zero-order valence-corrected chi connectivity index (χ0v) is 15.6. The van der Waals surface area contributed by atoms with Crippen LogP contribution >= 0.6 is 0 Å². The first-order valence-electron chi connectivity index (χ1n) is 8.83. The Kier molecular flexibility index (Phi) is 5.75. The van der Waals surface area contributed by atoms with Crippen LogP contribution in [-0.4, -0.2) is 78.8 Å². The van der Waals surface area contributed by atoms with Gasteiger partial charge in [0.15, 0.2) is 4.91 Å². The number of hydrogen-bond donors (Lipinski definition) is 2. The van der Waals surface area contributed by atoms with Crippen LogP contribution in [0.4, 0.5) is 0 Å². The first kappa shape index (κ1) is 19.7. The minimum atomic E-state index is -4.38. The molecular weight excluding hydrogens is 372 g/mol. The smallest absolute Gasteiger partial charge is 0.249 e. The van der Waals surface area contributed by atoms with Crippen molar-refractivity contribution in [2.75, 3.05) is 39.4 Å². The first-order chi connectivity index (χ1) is 12.9.